The van der Waals surface area contributed by atoms with Crippen LogP contribution in [0.1, 0.15) is 28.1 Å². The van der Waals surface area contributed by atoms with Gasteiger partial charge >= 0.3 is 0 Å². The number of benzene rings is 1. The Labute approximate surface area is 160 Å². The molecule has 1 aliphatic heterocycles. The quantitative estimate of drug-likeness (QED) is 0.676. The first-order valence-corrected chi connectivity index (χ1v) is 9.84. The van der Waals surface area contributed by atoms with Crippen molar-refractivity contribution in [3.63, 3.8) is 0 Å². The number of hydrogen-bond acceptors (Lipinski definition) is 2. The minimum Gasteiger partial charge on any atom is -0.367 e. The van der Waals surface area contributed by atoms with Gasteiger partial charge in [-0.05, 0) is 56.2 Å². The number of allylic oxidation sites excluding steroid dienone is 3. The second-order valence-corrected chi connectivity index (χ2v) is 7.78. The number of hydrogen-bond donors (Lipinski definition) is 0. The first-order chi connectivity index (χ1) is 13.2. The van der Waals surface area contributed by atoms with Crippen LogP contribution < -0.4 is 0 Å². The Morgan fingerprint density at radius 2 is 2.00 bits per heavy atom. The Bertz CT molecular complexity index is 1070. The van der Waals surface area contributed by atoms with Crippen molar-refractivity contribution in [2.24, 2.45) is 0 Å². The first kappa shape index (κ1) is 16.4. The van der Waals surface area contributed by atoms with E-state index in [0.717, 1.165) is 38.2 Å². The van der Waals surface area contributed by atoms with Gasteiger partial charge < -0.3 is 9.47 Å². The van der Waals surface area contributed by atoms with Gasteiger partial charge in [-0.25, -0.2) is 0 Å². The van der Waals surface area contributed by atoms with Gasteiger partial charge in [0.2, 0.25) is 0 Å². The van der Waals surface area contributed by atoms with Gasteiger partial charge in [-0.1, -0.05) is 23.8 Å². The van der Waals surface area contributed by atoms with Crippen molar-refractivity contribution >= 4 is 10.9 Å². The van der Waals surface area contributed by atoms with Gasteiger partial charge in [0.15, 0.2) is 0 Å². The maximum atomic E-state index is 4.46. The highest BCUT2D eigenvalue weighted by Gasteiger charge is 2.25. The molecular formula is C24H25N3. The van der Waals surface area contributed by atoms with E-state index in [4.69, 9.17) is 0 Å². The van der Waals surface area contributed by atoms with Crippen LogP contribution in [0, 0.1) is 13.8 Å². The lowest BCUT2D eigenvalue weighted by atomic mass is 10.0. The molecule has 0 amide bonds. The van der Waals surface area contributed by atoms with Crippen LogP contribution in [0.4, 0.5) is 0 Å². The van der Waals surface area contributed by atoms with E-state index < -0.39 is 0 Å². The molecule has 2 aliphatic rings. The molecule has 0 radical (unpaired) electrons. The maximum Gasteiger partial charge on any atom is 0.0486 e. The van der Waals surface area contributed by atoms with Crippen molar-refractivity contribution in [2.75, 3.05) is 6.54 Å². The second kappa shape index (κ2) is 6.41. The Kier molecular flexibility index (Phi) is 3.89. The van der Waals surface area contributed by atoms with Gasteiger partial charge in [-0.3, -0.25) is 4.98 Å². The van der Waals surface area contributed by atoms with E-state index in [0.29, 0.717) is 0 Å². The van der Waals surface area contributed by atoms with Gasteiger partial charge in [0.1, 0.15) is 0 Å². The highest BCUT2D eigenvalue weighted by atomic mass is 15.2. The molecule has 3 nitrogen and oxygen atoms in total. The van der Waals surface area contributed by atoms with E-state index in [-0.39, 0.29) is 0 Å². The minimum absolute atomic E-state index is 1.02. The standard InChI is InChI=1S/C24H25N3/c1-17-6-9-23-21(14-17)22-16-26(20-4-3-5-20)12-11-24(22)27(23)13-10-19-8-7-18(2)25-15-19/h3-9,14-15H,10-13,16H2,1-2H3. The molecule has 5 rings (SSSR count). The molecule has 3 heterocycles. The molecule has 0 fully saturated rings. The smallest absolute Gasteiger partial charge is 0.0486 e. The van der Waals surface area contributed by atoms with Crippen LogP contribution in [0.25, 0.3) is 10.9 Å². The monoisotopic (exact) mass is 355 g/mol. The highest BCUT2D eigenvalue weighted by Crippen LogP contribution is 2.34. The summed E-state index contributed by atoms with van der Waals surface area (Å²) in [6.45, 7) is 7.37. The van der Waals surface area contributed by atoms with Crippen molar-refractivity contribution < 1.29 is 0 Å². The molecule has 0 atom stereocenters. The summed E-state index contributed by atoms with van der Waals surface area (Å²) in [5.41, 5.74) is 9.53. The van der Waals surface area contributed by atoms with Gasteiger partial charge in [-0.2, -0.15) is 0 Å². The van der Waals surface area contributed by atoms with Crippen LogP contribution >= 0.6 is 0 Å². The Morgan fingerprint density at radius 1 is 1.11 bits per heavy atom. The summed E-state index contributed by atoms with van der Waals surface area (Å²) in [7, 11) is 0. The summed E-state index contributed by atoms with van der Waals surface area (Å²) in [6, 6.07) is 11.2. The average molecular weight is 355 g/mol. The van der Waals surface area contributed by atoms with Crippen LogP contribution in [0.15, 0.2) is 60.5 Å². The molecule has 136 valence electrons. The number of aromatic nitrogens is 2. The van der Waals surface area contributed by atoms with Gasteiger partial charge in [0.25, 0.3) is 0 Å². The third-order valence-corrected chi connectivity index (χ3v) is 5.91. The molecule has 0 spiro atoms. The van der Waals surface area contributed by atoms with Crippen molar-refractivity contribution in [1.29, 1.82) is 0 Å². The fourth-order valence-corrected chi connectivity index (χ4v) is 4.32. The van der Waals surface area contributed by atoms with Crippen molar-refractivity contribution in [3.05, 3.63) is 88.5 Å². The fraction of sp³-hybridized carbons (Fsp3) is 0.292. The number of fused-ring (bicyclic) bond motifs is 3. The predicted octanol–water partition coefficient (Wildman–Crippen LogP) is 4.71. The van der Waals surface area contributed by atoms with E-state index >= 15 is 0 Å². The van der Waals surface area contributed by atoms with Crippen molar-refractivity contribution in [2.45, 2.75) is 39.8 Å². The summed E-state index contributed by atoms with van der Waals surface area (Å²) in [4.78, 5) is 6.97. The number of nitrogens with zero attached hydrogens (tertiary/aromatic N) is 3. The lowest BCUT2D eigenvalue weighted by Crippen LogP contribution is -2.31. The molecule has 2 aromatic heterocycles. The summed E-state index contributed by atoms with van der Waals surface area (Å²) in [6.07, 6.45) is 10.7. The zero-order valence-corrected chi connectivity index (χ0v) is 16.1. The number of pyridine rings is 1. The average Bonchev–Trinajstić information content (AvgIpc) is 2.92. The first-order valence-electron chi connectivity index (χ1n) is 9.84. The van der Waals surface area contributed by atoms with E-state index in [9.17, 15) is 0 Å². The van der Waals surface area contributed by atoms with Crippen LogP contribution in [0.3, 0.4) is 0 Å². The molecule has 27 heavy (non-hydrogen) atoms. The number of rotatable bonds is 4. The molecular weight excluding hydrogens is 330 g/mol. The normalized spacial score (nSPS) is 15.6. The van der Waals surface area contributed by atoms with Gasteiger partial charge in [0.05, 0.1) is 0 Å². The third kappa shape index (κ3) is 2.87. The van der Waals surface area contributed by atoms with Gasteiger partial charge in [-0.15, -0.1) is 0 Å². The second-order valence-electron chi connectivity index (χ2n) is 7.78. The molecule has 0 unspecified atom stereocenters. The molecule has 0 saturated heterocycles. The molecule has 1 aliphatic carbocycles. The molecule has 3 heteroatoms. The van der Waals surface area contributed by atoms with Crippen LogP contribution in [0.5, 0.6) is 0 Å². The van der Waals surface area contributed by atoms with E-state index in [1.807, 2.05) is 13.1 Å². The zero-order chi connectivity index (χ0) is 18.4. The van der Waals surface area contributed by atoms with Crippen molar-refractivity contribution in [3.8, 4) is 0 Å². The highest BCUT2D eigenvalue weighted by molar-refractivity contribution is 5.86. The summed E-state index contributed by atoms with van der Waals surface area (Å²) in [5.74, 6) is 0. The van der Waals surface area contributed by atoms with Crippen LogP contribution in [-0.4, -0.2) is 21.0 Å². The Balaban J connectivity index is 1.51. The minimum atomic E-state index is 1.02. The van der Waals surface area contributed by atoms with Crippen LogP contribution in [0.2, 0.25) is 0 Å². The predicted molar refractivity (Wildman–Crippen MR) is 111 cm³/mol. The van der Waals surface area contributed by atoms with Gasteiger partial charge in [0, 0.05) is 65.8 Å². The summed E-state index contributed by atoms with van der Waals surface area (Å²) >= 11 is 0. The van der Waals surface area contributed by atoms with E-state index in [2.05, 4.69) is 69.9 Å². The number of aryl methyl sites for hydroxylation is 4. The third-order valence-electron chi connectivity index (χ3n) is 5.91. The van der Waals surface area contributed by atoms with E-state index in [1.54, 1.807) is 0 Å². The van der Waals surface area contributed by atoms with Crippen molar-refractivity contribution in [1.82, 2.24) is 14.5 Å². The Morgan fingerprint density at radius 3 is 2.74 bits per heavy atom. The lowest BCUT2D eigenvalue weighted by molar-refractivity contribution is 0.325. The molecule has 1 aromatic carbocycles. The zero-order valence-electron chi connectivity index (χ0n) is 16.1. The fourth-order valence-electron chi connectivity index (χ4n) is 4.32. The molecule has 3 aromatic rings. The largest absolute Gasteiger partial charge is 0.367 e. The SMILES string of the molecule is Cc1ccc2c(c1)c1c(n2CCc2ccc(C)nc2)CCN(C2=CC=C2)C1. The molecule has 0 N–H and O–H groups in total. The molecule has 0 bridgehead atoms. The lowest BCUT2D eigenvalue weighted by Gasteiger charge is -2.32. The van der Waals surface area contributed by atoms with E-state index in [1.165, 1.54) is 39.0 Å². The Hall–Kier alpha value is -2.81. The van der Waals surface area contributed by atoms with Crippen LogP contribution in [-0.2, 0) is 25.9 Å². The molecule has 0 saturated carbocycles. The summed E-state index contributed by atoms with van der Waals surface area (Å²) in [5, 5.41) is 1.43. The topological polar surface area (TPSA) is 21.1 Å². The summed E-state index contributed by atoms with van der Waals surface area (Å²) < 4.78 is 2.56. The maximum absolute atomic E-state index is 4.46.